The van der Waals surface area contributed by atoms with E-state index in [0.29, 0.717) is 18.4 Å². The zero-order valence-corrected chi connectivity index (χ0v) is 28.0. The van der Waals surface area contributed by atoms with E-state index in [1.165, 1.54) is 55.4 Å². The SMILES string of the molecule is O=S(=O)(O)c1ccc(S(=O)(=O)O)c(N=c2ccc3nc4cc(CCCCCCCCCCN(CCO)CCO)ccc4sc-3c2)c1. The first kappa shape index (κ1) is 36.0. The van der Waals surface area contributed by atoms with Gasteiger partial charge in [0, 0.05) is 13.1 Å². The Morgan fingerprint density at radius 2 is 1.39 bits per heavy atom. The van der Waals surface area contributed by atoms with E-state index in [1.54, 1.807) is 18.2 Å². The van der Waals surface area contributed by atoms with E-state index in [-0.39, 0.29) is 18.9 Å². The quantitative estimate of drug-likeness (QED) is 0.0625. The lowest BCUT2D eigenvalue weighted by Crippen LogP contribution is -2.30. The zero-order chi connectivity index (χ0) is 33.2. The maximum atomic E-state index is 11.9. The van der Waals surface area contributed by atoms with Gasteiger partial charge in [-0.15, -0.1) is 11.3 Å². The molecule has 0 amide bonds. The van der Waals surface area contributed by atoms with E-state index in [1.807, 2.05) is 6.07 Å². The predicted octanol–water partition coefficient (Wildman–Crippen LogP) is 5.08. The number of aryl methyl sites for hydroxylation is 1. The molecule has 11 nitrogen and oxygen atoms in total. The Bertz CT molecular complexity index is 1850. The van der Waals surface area contributed by atoms with E-state index in [0.717, 1.165) is 64.8 Å². The second kappa shape index (κ2) is 16.8. The number of benzene rings is 3. The lowest BCUT2D eigenvalue weighted by molar-refractivity contribution is 0.159. The van der Waals surface area contributed by atoms with E-state index >= 15 is 0 Å². The summed E-state index contributed by atoms with van der Waals surface area (Å²) in [6.07, 6.45) is 10.4. The van der Waals surface area contributed by atoms with Gasteiger partial charge in [0.1, 0.15) is 4.90 Å². The minimum absolute atomic E-state index is 0.126. The molecule has 4 N–H and O–H groups in total. The normalized spacial score (nSPS) is 12.9. The molecule has 1 aliphatic heterocycles. The molecule has 2 aromatic rings. The Hall–Kier alpha value is -2.82. The fourth-order valence-corrected chi connectivity index (χ4v) is 7.42. The van der Waals surface area contributed by atoms with E-state index in [9.17, 15) is 25.9 Å². The van der Waals surface area contributed by atoms with Crippen molar-refractivity contribution in [3.63, 3.8) is 0 Å². The molecule has 14 heteroatoms. The van der Waals surface area contributed by atoms with Crippen LogP contribution in [0.1, 0.15) is 56.9 Å². The van der Waals surface area contributed by atoms with Crippen molar-refractivity contribution in [3.8, 4) is 10.6 Å². The van der Waals surface area contributed by atoms with Gasteiger partial charge in [0.2, 0.25) is 0 Å². The van der Waals surface area contributed by atoms with Crippen LogP contribution in [0.2, 0.25) is 0 Å². The Kier molecular flexibility index (Phi) is 13.2. The summed E-state index contributed by atoms with van der Waals surface area (Å²) in [5.41, 5.74) is 2.51. The summed E-state index contributed by atoms with van der Waals surface area (Å²) in [5, 5.41) is 18.5. The molecule has 0 saturated carbocycles. The number of aliphatic hydroxyl groups excluding tert-OH is 2. The summed E-state index contributed by atoms with van der Waals surface area (Å²) in [7, 11) is -9.33. The summed E-state index contributed by atoms with van der Waals surface area (Å²) >= 11 is 1.50. The monoisotopic (exact) mass is 691 g/mol. The van der Waals surface area contributed by atoms with Crippen molar-refractivity contribution < 1.29 is 36.2 Å². The Labute approximate surface area is 274 Å². The molecule has 1 aliphatic carbocycles. The number of fused-ring (bicyclic) bond motifs is 2. The third-order valence-corrected chi connectivity index (χ3v) is 10.6. The van der Waals surface area contributed by atoms with Gasteiger partial charge in [-0.1, -0.05) is 44.6 Å². The molecule has 1 heterocycles. The van der Waals surface area contributed by atoms with Crippen LogP contribution in [0.15, 0.2) is 69.4 Å². The van der Waals surface area contributed by atoms with Gasteiger partial charge < -0.3 is 10.2 Å². The van der Waals surface area contributed by atoms with E-state index in [4.69, 9.17) is 15.2 Å². The summed E-state index contributed by atoms with van der Waals surface area (Å²) in [4.78, 5) is 10.8. The highest BCUT2D eigenvalue weighted by Crippen LogP contribution is 2.31. The molecule has 0 saturated heterocycles. The molecule has 4 rings (SSSR count). The molecule has 46 heavy (non-hydrogen) atoms. The van der Waals surface area contributed by atoms with Gasteiger partial charge in [0.05, 0.1) is 49.9 Å². The first-order chi connectivity index (χ1) is 22.0. The standard InChI is InChI=1S/C32H41N3O8S3/c36-19-17-35(18-20-37)16-8-6-4-2-1-3-5-7-9-24-10-14-30-28(21-24)34-27-13-11-25(22-31(27)44-30)33-29-23-26(45(38,39)40)12-15-32(29)46(41,42)43/h10-15,21-23,36-37H,1-9,16-20H2,(H,38,39,40)(H,41,42,43). The Balaban J connectivity index is 1.34. The van der Waals surface area contributed by atoms with Crippen molar-refractivity contribution in [2.75, 3.05) is 32.8 Å². The van der Waals surface area contributed by atoms with Crippen molar-refractivity contribution in [2.24, 2.45) is 4.99 Å². The second-order valence-corrected chi connectivity index (χ2v) is 15.1. The number of hydrogen-bond donors (Lipinski definition) is 4. The van der Waals surface area contributed by atoms with Crippen molar-refractivity contribution in [1.29, 1.82) is 0 Å². The van der Waals surface area contributed by atoms with Crippen LogP contribution < -0.4 is 5.36 Å². The third-order valence-electron chi connectivity index (χ3n) is 7.71. The predicted molar refractivity (Wildman–Crippen MR) is 179 cm³/mol. The molecule has 0 unspecified atom stereocenters. The Morgan fingerprint density at radius 1 is 0.717 bits per heavy atom. The number of aromatic nitrogens is 1. The smallest absolute Gasteiger partial charge is 0.296 e. The van der Waals surface area contributed by atoms with Crippen LogP contribution in [0, 0.1) is 0 Å². The molecule has 0 aromatic heterocycles. The van der Waals surface area contributed by atoms with Gasteiger partial charge in [0.25, 0.3) is 20.2 Å². The minimum atomic E-state index is -4.71. The maximum Gasteiger partial charge on any atom is 0.296 e. The van der Waals surface area contributed by atoms with Gasteiger partial charge in [-0.05, 0) is 79.9 Å². The van der Waals surface area contributed by atoms with Crippen LogP contribution in [0.4, 0.5) is 5.69 Å². The van der Waals surface area contributed by atoms with Crippen LogP contribution >= 0.6 is 11.3 Å². The molecule has 0 spiro atoms. The topological polar surface area (TPSA) is 178 Å². The van der Waals surface area contributed by atoms with Crippen molar-refractivity contribution in [1.82, 2.24) is 9.88 Å². The van der Waals surface area contributed by atoms with Gasteiger partial charge >= 0.3 is 0 Å². The molecule has 250 valence electrons. The highest BCUT2D eigenvalue weighted by atomic mass is 32.2. The fraction of sp³-hybridized carbons (Fsp3) is 0.438. The minimum Gasteiger partial charge on any atom is -0.395 e. The molecule has 0 atom stereocenters. The van der Waals surface area contributed by atoms with Crippen molar-refractivity contribution in [3.05, 3.63) is 65.5 Å². The maximum absolute atomic E-state index is 11.9. The van der Waals surface area contributed by atoms with Crippen LogP contribution in [-0.4, -0.2) is 78.9 Å². The molecular weight excluding hydrogens is 651 g/mol. The average Bonchev–Trinajstić information content (AvgIpc) is 3.00. The van der Waals surface area contributed by atoms with E-state index < -0.39 is 30.0 Å². The summed E-state index contributed by atoms with van der Waals surface area (Å²) in [5.74, 6) is 0. The number of hydrogen-bond acceptors (Lipinski definition) is 10. The number of unbranched alkanes of at least 4 members (excludes halogenated alkanes) is 7. The lowest BCUT2D eigenvalue weighted by Gasteiger charge is -2.19. The third kappa shape index (κ3) is 10.6. The van der Waals surface area contributed by atoms with Crippen LogP contribution in [-0.2, 0) is 26.7 Å². The average molecular weight is 692 g/mol. The first-order valence-electron chi connectivity index (χ1n) is 15.4. The molecule has 2 aliphatic rings. The number of aliphatic hydroxyl groups is 2. The fourth-order valence-electron chi connectivity index (χ4n) is 5.33. The zero-order valence-electron chi connectivity index (χ0n) is 25.6. The summed E-state index contributed by atoms with van der Waals surface area (Å²) in [6, 6.07) is 14.0. The van der Waals surface area contributed by atoms with Crippen LogP contribution in [0.5, 0.6) is 0 Å². The first-order valence-corrected chi connectivity index (χ1v) is 19.1. The number of rotatable bonds is 18. The molecule has 0 fully saturated rings. The molecule has 2 aromatic carbocycles. The summed E-state index contributed by atoms with van der Waals surface area (Å²) < 4.78 is 66.9. The van der Waals surface area contributed by atoms with Gasteiger partial charge in [-0.3, -0.25) is 14.0 Å². The summed E-state index contributed by atoms with van der Waals surface area (Å²) in [6.45, 7) is 2.41. The Morgan fingerprint density at radius 3 is 2.04 bits per heavy atom. The number of nitrogens with zero attached hydrogens (tertiary/aromatic N) is 3. The molecule has 0 radical (unpaired) electrons. The largest absolute Gasteiger partial charge is 0.395 e. The highest BCUT2D eigenvalue weighted by Gasteiger charge is 2.19. The lowest BCUT2D eigenvalue weighted by atomic mass is 10.0. The van der Waals surface area contributed by atoms with Crippen molar-refractivity contribution in [2.45, 2.75) is 67.6 Å². The van der Waals surface area contributed by atoms with Gasteiger partial charge in [0.15, 0.2) is 0 Å². The van der Waals surface area contributed by atoms with E-state index in [2.05, 4.69) is 22.0 Å². The highest BCUT2D eigenvalue weighted by molar-refractivity contribution is 7.86. The van der Waals surface area contributed by atoms with Crippen LogP contribution in [0.3, 0.4) is 0 Å². The van der Waals surface area contributed by atoms with Crippen molar-refractivity contribution >= 4 is 47.5 Å². The van der Waals surface area contributed by atoms with Crippen LogP contribution in [0.25, 0.3) is 20.8 Å². The molecule has 0 bridgehead atoms. The second-order valence-electron chi connectivity index (χ2n) is 11.2. The van der Waals surface area contributed by atoms with Gasteiger partial charge in [-0.2, -0.15) is 16.8 Å². The van der Waals surface area contributed by atoms with Gasteiger partial charge in [-0.25, -0.2) is 9.98 Å². The molecular formula is C32H41N3O8S3.